The van der Waals surface area contributed by atoms with Gasteiger partial charge in [-0.2, -0.15) is 18.3 Å². The molecule has 5 rings (SSSR count). The van der Waals surface area contributed by atoms with Crippen LogP contribution in [-0.4, -0.2) is 45.4 Å². The van der Waals surface area contributed by atoms with Gasteiger partial charge < -0.3 is 21.1 Å². The van der Waals surface area contributed by atoms with Crippen molar-refractivity contribution < 1.29 is 22.7 Å². The van der Waals surface area contributed by atoms with Crippen LogP contribution in [0.5, 0.6) is 5.75 Å². The van der Waals surface area contributed by atoms with Gasteiger partial charge >= 0.3 is 6.18 Å². The molecule has 1 aliphatic rings. The largest absolute Gasteiger partial charge is 0.493 e. The second-order valence-electron chi connectivity index (χ2n) is 9.27. The quantitative estimate of drug-likeness (QED) is 0.319. The fourth-order valence-corrected chi connectivity index (χ4v) is 4.73. The predicted octanol–water partition coefficient (Wildman–Crippen LogP) is 4.35. The Hall–Kier alpha value is -4.19. The van der Waals surface area contributed by atoms with Gasteiger partial charge in [0.15, 0.2) is 5.65 Å². The molecule has 1 amide bonds. The molecule has 0 saturated carbocycles. The molecule has 3 heterocycles. The molecule has 0 aliphatic carbocycles. The minimum absolute atomic E-state index is 0.0814. The van der Waals surface area contributed by atoms with Crippen LogP contribution in [0.4, 0.5) is 19.0 Å². The molecule has 39 heavy (non-hydrogen) atoms. The minimum atomic E-state index is -4.64. The molecule has 1 saturated heterocycles. The third-order valence-electron chi connectivity index (χ3n) is 6.66. The Morgan fingerprint density at radius 3 is 2.69 bits per heavy atom. The van der Waals surface area contributed by atoms with Crippen LogP contribution in [0.25, 0.3) is 22.3 Å². The molecule has 1 fully saturated rings. The molecule has 12 heteroatoms. The number of carbonyl (C=O) groups excluding carboxylic acids is 1. The maximum absolute atomic E-state index is 13.4. The van der Waals surface area contributed by atoms with Crippen LogP contribution >= 0.6 is 0 Å². The minimum Gasteiger partial charge on any atom is -0.493 e. The summed E-state index contributed by atoms with van der Waals surface area (Å²) in [5.74, 6) is -0.587. The van der Waals surface area contributed by atoms with Gasteiger partial charge in [-0.1, -0.05) is 24.3 Å². The Balaban J connectivity index is 1.34. The van der Waals surface area contributed by atoms with Crippen molar-refractivity contribution in [3.05, 3.63) is 65.5 Å². The number of amides is 1. The van der Waals surface area contributed by atoms with E-state index in [0.717, 1.165) is 49.2 Å². The van der Waals surface area contributed by atoms with Gasteiger partial charge in [0.2, 0.25) is 0 Å². The first-order valence-electron chi connectivity index (χ1n) is 12.7. The van der Waals surface area contributed by atoms with Gasteiger partial charge in [-0.15, -0.1) is 0 Å². The van der Waals surface area contributed by atoms with E-state index in [1.54, 1.807) is 6.92 Å². The number of nitrogens with zero attached hydrogens (tertiary/aromatic N) is 4. The van der Waals surface area contributed by atoms with Crippen molar-refractivity contribution in [1.82, 2.24) is 30.4 Å². The van der Waals surface area contributed by atoms with Crippen molar-refractivity contribution in [3.8, 4) is 17.0 Å². The first-order valence-corrected chi connectivity index (χ1v) is 12.7. The Morgan fingerprint density at radius 2 is 2.00 bits per heavy atom. The Bertz CT molecular complexity index is 1480. The summed E-state index contributed by atoms with van der Waals surface area (Å²) < 4.78 is 47.3. The molecule has 1 aliphatic heterocycles. The molecule has 2 aromatic heterocycles. The van der Waals surface area contributed by atoms with Gasteiger partial charge in [0.25, 0.3) is 5.91 Å². The Morgan fingerprint density at radius 1 is 1.21 bits per heavy atom. The summed E-state index contributed by atoms with van der Waals surface area (Å²) in [7, 11) is 0. The fraction of sp³-hybridized carbons (Fsp3) is 0.333. The van der Waals surface area contributed by atoms with Gasteiger partial charge in [0.05, 0.1) is 23.6 Å². The van der Waals surface area contributed by atoms with Gasteiger partial charge in [0.1, 0.15) is 23.6 Å². The van der Waals surface area contributed by atoms with E-state index in [9.17, 15) is 18.0 Å². The normalized spacial score (nSPS) is 15.8. The fourth-order valence-electron chi connectivity index (χ4n) is 4.73. The van der Waals surface area contributed by atoms with Crippen LogP contribution in [-0.2, 0) is 12.7 Å². The van der Waals surface area contributed by atoms with E-state index < -0.39 is 17.6 Å². The van der Waals surface area contributed by atoms with Crippen LogP contribution in [0, 0.1) is 0 Å². The highest BCUT2D eigenvalue weighted by molar-refractivity contribution is 5.98. The number of benzene rings is 2. The zero-order valence-corrected chi connectivity index (χ0v) is 21.3. The van der Waals surface area contributed by atoms with Crippen molar-refractivity contribution in [2.75, 3.05) is 25.4 Å². The topological polar surface area (TPSA) is 120 Å². The number of hydrogen-bond acceptors (Lipinski definition) is 7. The number of ether oxygens (including phenoxy) is 1. The van der Waals surface area contributed by atoms with E-state index in [1.165, 1.54) is 12.4 Å². The molecule has 0 unspecified atom stereocenters. The van der Waals surface area contributed by atoms with E-state index >= 15 is 0 Å². The number of fused-ring (bicyclic) bond motifs is 1. The second kappa shape index (κ2) is 10.9. The molecule has 4 aromatic rings. The molecule has 0 spiro atoms. The number of nitrogens with one attached hydrogen (secondary N) is 2. The van der Waals surface area contributed by atoms with Crippen LogP contribution < -0.4 is 21.1 Å². The highest BCUT2D eigenvalue weighted by Gasteiger charge is 2.35. The average molecular weight is 540 g/mol. The molecule has 0 bridgehead atoms. The zero-order chi connectivity index (χ0) is 27.6. The smallest absolute Gasteiger partial charge is 0.419 e. The van der Waals surface area contributed by atoms with E-state index in [1.807, 2.05) is 28.9 Å². The summed E-state index contributed by atoms with van der Waals surface area (Å²) in [6, 6.07) is 10.8. The Kier molecular flexibility index (Phi) is 7.38. The number of nitrogen functional groups attached to an aromatic ring is 1. The number of anilines is 1. The lowest BCUT2D eigenvalue weighted by Gasteiger charge is -2.23. The number of piperidine rings is 1. The van der Waals surface area contributed by atoms with Gasteiger partial charge in [0, 0.05) is 24.2 Å². The number of halogens is 3. The number of alkyl halides is 3. The van der Waals surface area contributed by atoms with Crippen LogP contribution in [0.2, 0.25) is 0 Å². The molecule has 2 aromatic carbocycles. The molecule has 9 nitrogen and oxygen atoms in total. The molecule has 4 N–H and O–H groups in total. The SMILES string of the molecule is CCOc1ccc(C(=O)NCc2ccc(-c3nn([C@@H]4CCCNC4)c4ncnc(N)c34)cc2)cc1C(F)(F)F. The summed E-state index contributed by atoms with van der Waals surface area (Å²) >= 11 is 0. The lowest BCUT2D eigenvalue weighted by molar-refractivity contribution is -0.138. The number of rotatable bonds is 7. The lowest BCUT2D eigenvalue weighted by Crippen LogP contribution is -2.32. The maximum atomic E-state index is 13.4. The maximum Gasteiger partial charge on any atom is 0.419 e. The molecule has 0 radical (unpaired) electrons. The molecular formula is C27H28F3N7O2. The average Bonchev–Trinajstić information content (AvgIpc) is 3.33. The van der Waals surface area contributed by atoms with E-state index in [0.29, 0.717) is 22.5 Å². The first-order chi connectivity index (χ1) is 18.8. The standard InChI is InChI=1S/C27H28F3N7O2/c1-2-39-21-10-9-18(12-20(21)27(28,29)30)26(38)33-13-16-5-7-17(8-6-16)23-22-24(31)34-15-35-25(22)37(36-23)19-4-3-11-32-14-19/h5-10,12,15,19,32H,2-4,11,13-14H2,1H3,(H,33,38)(H2,31,34,35)/t19-/m1/s1. The van der Waals surface area contributed by atoms with Crippen molar-refractivity contribution in [2.45, 2.75) is 38.5 Å². The summed E-state index contributed by atoms with van der Waals surface area (Å²) in [5.41, 5.74) is 8.04. The summed E-state index contributed by atoms with van der Waals surface area (Å²) in [6.07, 6.45) is -1.19. The monoisotopic (exact) mass is 539 g/mol. The first kappa shape index (κ1) is 26.4. The van der Waals surface area contributed by atoms with Crippen LogP contribution in [0.1, 0.15) is 47.3 Å². The van der Waals surface area contributed by atoms with E-state index in [4.69, 9.17) is 15.6 Å². The van der Waals surface area contributed by atoms with Crippen LogP contribution in [0.15, 0.2) is 48.8 Å². The van der Waals surface area contributed by atoms with E-state index in [-0.39, 0.29) is 30.5 Å². The van der Waals surface area contributed by atoms with Crippen molar-refractivity contribution >= 4 is 22.8 Å². The number of carbonyl (C=O) groups is 1. The number of hydrogen-bond donors (Lipinski definition) is 3. The van der Waals surface area contributed by atoms with Crippen molar-refractivity contribution in [3.63, 3.8) is 0 Å². The van der Waals surface area contributed by atoms with Crippen molar-refractivity contribution in [2.24, 2.45) is 0 Å². The van der Waals surface area contributed by atoms with E-state index in [2.05, 4.69) is 20.6 Å². The van der Waals surface area contributed by atoms with Crippen molar-refractivity contribution in [1.29, 1.82) is 0 Å². The number of nitrogens with two attached hydrogens (primary N) is 1. The highest BCUT2D eigenvalue weighted by Crippen LogP contribution is 2.37. The third kappa shape index (κ3) is 5.51. The molecule has 204 valence electrons. The van der Waals surface area contributed by atoms with Gasteiger partial charge in [-0.05, 0) is 50.1 Å². The predicted molar refractivity (Wildman–Crippen MR) is 140 cm³/mol. The zero-order valence-electron chi connectivity index (χ0n) is 21.3. The van der Waals surface area contributed by atoms with Gasteiger partial charge in [-0.3, -0.25) is 4.79 Å². The summed E-state index contributed by atoms with van der Waals surface area (Å²) in [6.45, 7) is 3.56. The van der Waals surface area contributed by atoms with Crippen LogP contribution in [0.3, 0.4) is 0 Å². The molecular weight excluding hydrogens is 511 g/mol. The number of aromatic nitrogens is 4. The lowest BCUT2D eigenvalue weighted by atomic mass is 10.1. The second-order valence-corrected chi connectivity index (χ2v) is 9.27. The Labute approximate surface area is 222 Å². The van der Waals surface area contributed by atoms with Gasteiger partial charge in [-0.25, -0.2) is 14.6 Å². The third-order valence-corrected chi connectivity index (χ3v) is 6.66. The molecule has 1 atom stereocenters. The summed E-state index contributed by atoms with van der Waals surface area (Å²) in [4.78, 5) is 21.2. The summed E-state index contributed by atoms with van der Waals surface area (Å²) in [5, 5.41) is 11.6. The highest BCUT2D eigenvalue weighted by atomic mass is 19.4.